The van der Waals surface area contributed by atoms with Gasteiger partial charge in [-0.1, -0.05) is 23.5 Å². The Morgan fingerprint density at radius 1 is 1.20 bits per heavy atom. The molecule has 0 bridgehead atoms. The molecule has 0 aliphatic heterocycles. The van der Waals surface area contributed by atoms with Crippen LogP contribution in [0.25, 0.3) is 32.7 Å². The van der Waals surface area contributed by atoms with Crippen LogP contribution in [-0.2, 0) is 7.05 Å². The van der Waals surface area contributed by atoms with Gasteiger partial charge in [0, 0.05) is 35.5 Å². The monoisotopic (exact) mass is 345 g/mol. The van der Waals surface area contributed by atoms with E-state index in [2.05, 4.69) is 28.2 Å². The highest BCUT2D eigenvalue weighted by Crippen LogP contribution is 2.41. The number of aromatic nitrogens is 3. The number of hydrogen-bond donors (Lipinski definition) is 1. The molecule has 4 rings (SSSR count). The van der Waals surface area contributed by atoms with E-state index >= 15 is 0 Å². The van der Waals surface area contributed by atoms with Crippen LogP contribution in [-0.4, -0.2) is 14.5 Å². The lowest BCUT2D eigenvalue weighted by atomic mass is 10.0. The normalized spacial score (nSPS) is 10.9. The van der Waals surface area contributed by atoms with Crippen molar-refractivity contribution < 1.29 is 0 Å². The molecule has 0 spiro atoms. The summed E-state index contributed by atoms with van der Waals surface area (Å²) in [7, 11) is 1.98. The maximum Gasteiger partial charge on any atom is 0.181 e. The van der Waals surface area contributed by atoms with Gasteiger partial charge in [-0.25, -0.2) is 9.97 Å². The number of thiazole rings is 1. The lowest BCUT2D eigenvalue weighted by Crippen LogP contribution is -1.92. The van der Waals surface area contributed by atoms with Gasteiger partial charge in [-0.05, 0) is 31.2 Å². The largest absolute Gasteiger partial charge is 0.375 e. The second kappa shape index (κ2) is 5.72. The second-order valence-electron chi connectivity index (χ2n) is 5.90. The van der Waals surface area contributed by atoms with E-state index in [1.54, 1.807) is 6.07 Å². The number of nitrogens with two attached hydrogens (primary N) is 1. The number of nitrogen functional groups attached to an aromatic ring is 1. The van der Waals surface area contributed by atoms with Crippen molar-refractivity contribution in [2.24, 2.45) is 7.05 Å². The molecule has 122 valence electrons. The van der Waals surface area contributed by atoms with E-state index in [0.717, 1.165) is 38.4 Å². The van der Waals surface area contributed by atoms with Crippen LogP contribution in [0, 0.1) is 18.3 Å². The number of nitrogens with zero attached hydrogens (tertiary/aromatic N) is 4. The maximum atomic E-state index is 9.18. The molecule has 0 aliphatic rings. The molecular weight excluding hydrogens is 330 g/mol. The van der Waals surface area contributed by atoms with Crippen molar-refractivity contribution in [3.05, 3.63) is 53.9 Å². The molecular formula is C19H15N5S. The molecule has 2 N–H and O–H groups in total. The van der Waals surface area contributed by atoms with Gasteiger partial charge in [0.1, 0.15) is 5.65 Å². The third kappa shape index (κ3) is 2.55. The van der Waals surface area contributed by atoms with Gasteiger partial charge in [0.25, 0.3) is 0 Å². The molecule has 0 atom stereocenters. The molecule has 0 aliphatic carbocycles. The van der Waals surface area contributed by atoms with Gasteiger partial charge in [0.05, 0.1) is 22.2 Å². The summed E-state index contributed by atoms with van der Waals surface area (Å²) in [5.41, 5.74) is 11.3. The number of aryl methyl sites for hydroxylation is 2. The number of benzene rings is 1. The summed E-state index contributed by atoms with van der Waals surface area (Å²) in [6, 6.07) is 13.7. The van der Waals surface area contributed by atoms with Crippen molar-refractivity contribution in [1.29, 1.82) is 5.26 Å². The number of anilines is 1. The first kappa shape index (κ1) is 15.4. The van der Waals surface area contributed by atoms with Crippen molar-refractivity contribution in [3.63, 3.8) is 0 Å². The fourth-order valence-electron chi connectivity index (χ4n) is 3.00. The zero-order valence-corrected chi connectivity index (χ0v) is 14.6. The van der Waals surface area contributed by atoms with Crippen molar-refractivity contribution in [1.82, 2.24) is 14.5 Å². The highest BCUT2D eigenvalue weighted by Gasteiger charge is 2.18. The Labute approximate surface area is 149 Å². The SMILES string of the molecule is Cc1cc(-c2sc(N)nc2-c2cccc(C#N)c2)c2ccn(C)c2n1. The number of hydrogen-bond acceptors (Lipinski definition) is 5. The van der Waals surface area contributed by atoms with E-state index in [0.29, 0.717) is 10.7 Å². The summed E-state index contributed by atoms with van der Waals surface area (Å²) >= 11 is 1.46. The molecule has 0 fully saturated rings. The molecule has 0 unspecified atom stereocenters. The fourth-order valence-corrected chi connectivity index (χ4v) is 3.88. The van der Waals surface area contributed by atoms with E-state index in [1.165, 1.54) is 11.3 Å². The topological polar surface area (TPSA) is 80.5 Å². The lowest BCUT2D eigenvalue weighted by Gasteiger charge is -2.07. The molecule has 0 saturated heterocycles. The molecule has 0 amide bonds. The van der Waals surface area contributed by atoms with Crippen molar-refractivity contribution in [2.75, 3.05) is 5.73 Å². The average molecular weight is 345 g/mol. The molecule has 1 aromatic carbocycles. The van der Waals surface area contributed by atoms with Crippen LogP contribution in [0.1, 0.15) is 11.3 Å². The Kier molecular flexibility index (Phi) is 3.52. The molecule has 6 heteroatoms. The standard InChI is InChI=1S/C19H15N5S/c1-11-8-15(14-6-7-24(2)18(14)22-11)17-16(23-19(21)25-17)13-5-3-4-12(9-13)10-20/h3-9H,1-2H3,(H2,21,23). The first-order valence-corrected chi connectivity index (χ1v) is 8.58. The lowest BCUT2D eigenvalue weighted by molar-refractivity contribution is 0.943. The smallest absolute Gasteiger partial charge is 0.181 e. The Morgan fingerprint density at radius 3 is 2.84 bits per heavy atom. The summed E-state index contributed by atoms with van der Waals surface area (Å²) in [5, 5.41) is 10.7. The molecule has 0 radical (unpaired) electrons. The first-order valence-electron chi connectivity index (χ1n) is 7.76. The summed E-state index contributed by atoms with van der Waals surface area (Å²) in [6.07, 6.45) is 2.00. The van der Waals surface area contributed by atoms with Gasteiger partial charge in [-0.2, -0.15) is 5.26 Å². The van der Waals surface area contributed by atoms with E-state index in [-0.39, 0.29) is 0 Å². The van der Waals surface area contributed by atoms with Crippen molar-refractivity contribution in [3.8, 4) is 27.8 Å². The van der Waals surface area contributed by atoms with Crippen LogP contribution >= 0.6 is 11.3 Å². The Hall–Kier alpha value is -3.17. The maximum absolute atomic E-state index is 9.18. The van der Waals surface area contributed by atoms with Crippen molar-refractivity contribution >= 4 is 27.5 Å². The van der Waals surface area contributed by atoms with E-state index in [9.17, 15) is 5.26 Å². The predicted octanol–water partition coefficient (Wildman–Crippen LogP) is 4.13. The third-order valence-corrected chi connectivity index (χ3v) is 5.04. The summed E-state index contributed by atoms with van der Waals surface area (Å²) in [4.78, 5) is 10.2. The van der Waals surface area contributed by atoms with Crippen LogP contribution < -0.4 is 5.73 Å². The minimum absolute atomic E-state index is 0.505. The van der Waals surface area contributed by atoms with E-state index in [4.69, 9.17) is 5.73 Å². The van der Waals surface area contributed by atoms with Gasteiger partial charge in [0.15, 0.2) is 5.13 Å². The van der Waals surface area contributed by atoms with Crippen LogP contribution in [0.15, 0.2) is 42.6 Å². The van der Waals surface area contributed by atoms with Crippen LogP contribution in [0.4, 0.5) is 5.13 Å². The number of pyridine rings is 1. The molecule has 4 aromatic rings. The fraction of sp³-hybridized carbons (Fsp3) is 0.105. The van der Waals surface area contributed by atoms with Crippen molar-refractivity contribution in [2.45, 2.75) is 6.92 Å². The highest BCUT2D eigenvalue weighted by atomic mass is 32.1. The van der Waals surface area contributed by atoms with E-state index < -0.39 is 0 Å². The van der Waals surface area contributed by atoms with Crippen LogP contribution in [0.3, 0.4) is 0 Å². The summed E-state index contributed by atoms with van der Waals surface area (Å²) in [6.45, 7) is 1.98. The molecule has 5 nitrogen and oxygen atoms in total. The summed E-state index contributed by atoms with van der Waals surface area (Å²) < 4.78 is 2.01. The predicted molar refractivity (Wildman–Crippen MR) is 101 cm³/mol. The second-order valence-corrected chi connectivity index (χ2v) is 6.93. The highest BCUT2D eigenvalue weighted by molar-refractivity contribution is 7.19. The molecule has 25 heavy (non-hydrogen) atoms. The Bertz CT molecular complexity index is 1150. The van der Waals surface area contributed by atoms with E-state index in [1.807, 2.05) is 42.9 Å². The quantitative estimate of drug-likeness (QED) is 0.592. The number of rotatable bonds is 2. The number of nitriles is 1. The van der Waals surface area contributed by atoms with Crippen LogP contribution in [0.2, 0.25) is 0 Å². The molecule has 0 saturated carbocycles. The van der Waals surface area contributed by atoms with Gasteiger partial charge in [0.2, 0.25) is 0 Å². The Morgan fingerprint density at radius 2 is 2.04 bits per heavy atom. The molecule has 3 heterocycles. The zero-order valence-electron chi connectivity index (χ0n) is 13.8. The third-order valence-electron chi connectivity index (χ3n) is 4.12. The Balaban J connectivity index is 2.01. The summed E-state index contributed by atoms with van der Waals surface area (Å²) in [5.74, 6) is 0. The number of fused-ring (bicyclic) bond motifs is 1. The first-order chi connectivity index (χ1) is 12.1. The molecule has 3 aromatic heterocycles. The zero-order chi connectivity index (χ0) is 17.6. The van der Waals surface area contributed by atoms with Gasteiger partial charge in [-0.3, -0.25) is 0 Å². The minimum Gasteiger partial charge on any atom is -0.375 e. The average Bonchev–Trinajstić information content (AvgIpc) is 3.18. The van der Waals surface area contributed by atoms with Gasteiger partial charge >= 0.3 is 0 Å². The van der Waals surface area contributed by atoms with Gasteiger partial charge in [-0.15, -0.1) is 0 Å². The van der Waals surface area contributed by atoms with Crippen LogP contribution in [0.5, 0.6) is 0 Å². The van der Waals surface area contributed by atoms with Gasteiger partial charge < -0.3 is 10.3 Å². The minimum atomic E-state index is 0.505.